The van der Waals surface area contributed by atoms with Crippen LogP contribution < -0.4 is 0 Å². The van der Waals surface area contributed by atoms with Crippen molar-refractivity contribution in [3.05, 3.63) is 30.1 Å². The molecule has 0 unspecified atom stereocenters. The number of likely N-dealkylation sites (tertiary alicyclic amines) is 1. The van der Waals surface area contributed by atoms with E-state index in [0.717, 1.165) is 25.3 Å². The fourth-order valence-electron chi connectivity index (χ4n) is 2.17. The lowest BCUT2D eigenvalue weighted by Gasteiger charge is -2.26. The van der Waals surface area contributed by atoms with Crippen molar-refractivity contribution in [1.29, 1.82) is 0 Å². The Hall–Kier alpha value is -1.43. The highest BCUT2D eigenvalue weighted by Gasteiger charge is 2.26. The second kappa shape index (κ2) is 5.69. The van der Waals surface area contributed by atoms with E-state index < -0.39 is 32.2 Å². The normalized spacial score (nSPS) is 16.4. The minimum atomic E-state index is -3.91. The van der Waals surface area contributed by atoms with Crippen LogP contribution in [0.3, 0.4) is 0 Å². The molecule has 0 atom stereocenters. The van der Waals surface area contributed by atoms with E-state index in [4.69, 9.17) is 0 Å². The predicted octanol–water partition coefficient (Wildman–Crippen LogP) is 1.61. The van der Waals surface area contributed by atoms with Crippen molar-refractivity contribution in [2.24, 2.45) is 0 Å². The number of carbonyl (C=O) groups is 1. The van der Waals surface area contributed by atoms with E-state index in [1.54, 1.807) is 4.90 Å². The molecule has 0 radical (unpaired) electrons. The van der Waals surface area contributed by atoms with Crippen molar-refractivity contribution in [2.75, 3.05) is 18.8 Å². The molecule has 1 aromatic carbocycles. The van der Waals surface area contributed by atoms with Crippen LogP contribution in [-0.2, 0) is 14.6 Å². The van der Waals surface area contributed by atoms with Crippen LogP contribution >= 0.6 is 0 Å². The highest BCUT2D eigenvalue weighted by molar-refractivity contribution is 7.92. The number of carbonyl (C=O) groups excluding carboxylic acids is 1. The van der Waals surface area contributed by atoms with Crippen molar-refractivity contribution in [3.8, 4) is 0 Å². The van der Waals surface area contributed by atoms with Crippen molar-refractivity contribution < 1.29 is 17.6 Å². The molecule has 1 heterocycles. The lowest BCUT2D eigenvalue weighted by atomic mass is 10.1. The van der Waals surface area contributed by atoms with E-state index in [2.05, 4.69) is 0 Å². The molecule has 4 nitrogen and oxygen atoms in total. The predicted molar refractivity (Wildman–Crippen MR) is 68.9 cm³/mol. The van der Waals surface area contributed by atoms with Crippen molar-refractivity contribution >= 4 is 15.7 Å². The highest BCUT2D eigenvalue weighted by atomic mass is 32.2. The van der Waals surface area contributed by atoms with Gasteiger partial charge in [-0.3, -0.25) is 4.79 Å². The second-order valence-electron chi connectivity index (χ2n) is 4.63. The number of sulfone groups is 1. The first-order valence-electron chi connectivity index (χ1n) is 6.26. The maximum atomic E-state index is 13.5. The number of piperidine rings is 1. The van der Waals surface area contributed by atoms with Crippen LogP contribution in [0.2, 0.25) is 0 Å². The molecular weight excluding hydrogens is 269 g/mol. The van der Waals surface area contributed by atoms with Gasteiger partial charge in [0, 0.05) is 13.1 Å². The Kier molecular flexibility index (Phi) is 4.19. The smallest absolute Gasteiger partial charge is 0.238 e. The van der Waals surface area contributed by atoms with E-state index >= 15 is 0 Å². The zero-order valence-corrected chi connectivity index (χ0v) is 11.3. The van der Waals surface area contributed by atoms with Crippen LogP contribution in [0.25, 0.3) is 0 Å². The standard InChI is InChI=1S/C13H16FNO3S/c14-11-6-2-3-7-12(11)19(17,18)10-13(16)15-8-4-1-5-9-15/h2-3,6-7H,1,4-5,8-10H2. The van der Waals surface area contributed by atoms with E-state index in [1.807, 2.05) is 0 Å². The van der Waals surface area contributed by atoms with Crippen LogP contribution in [0.5, 0.6) is 0 Å². The van der Waals surface area contributed by atoms with Crippen LogP contribution in [0.15, 0.2) is 29.2 Å². The Bertz CT molecular complexity index is 565. The quantitative estimate of drug-likeness (QED) is 0.848. The Morgan fingerprint density at radius 3 is 2.42 bits per heavy atom. The molecule has 0 bridgehead atoms. The maximum Gasteiger partial charge on any atom is 0.238 e. The number of benzene rings is 1. The first-order valence-corrected chi connectivity index (χ1v) is 7.91. The van der Waals surface area contributed by atoms with Gasteiger partial charge in [0.1, 0.15) is 16.5 Å². The molecule has 1 aliphatic rings. The van der Waals surface area contributed by atoms with Gasteiger partial charge in [0.15, 0.2) is 9.84 Å². The van der Waals surface area contributed by atoms with E-state index in [-0.39, 0.29) is 0 Å². The topological polar surface area (TPSA) is 54.5 Å². The molecule has 1 saturated heterocycles. The maximum absolute atomic E-state index is 13.5. The Morgan fingerprint density at radius 2 is 1.79 bits per heavy atom. The van der Waals surface area contributed by atoms with Gasteiger partial charge in [-0.1, -0.05) is 12.1 Å². The lowest BCUT2D eigenvalue weighted by Crippen LogP contribution is -2.39. The van der Waals surface area contributed by atoms with Crippen molar-refractivity contribution in [1.82, 2.24) is 4.90 Å². The van der Waals surface area contributed by atoms with E-state index in [1.165, 1.54) is 18.2 Å². The lowest BCUT2D eigenvalue weighted by molar-refractivity contribution is -0.129. The molecular formula is C13H16FNO3S. The third-order valence-electron chi connectivity index (χ3n) is 3.19. The van der Waals surface area contributed by atoms with Crippen LogP contribution in [0, 0.1) is 5.82 Å². The van der Waals surface area contributed by atoms with Gasteiger partial charge < -0.3 is 4.90 Å². The van der Waals surface area contributed by atoms with Gasteiger partial charge in [-0.15, -0.1) is 0 Å². The summed E-state index contributed by atoms with van der Waals surface area (Å²) in [6.07, 6.45) is 2.85. The molecule has 19 heavy (non-hydrogen) atoms. The summed E-state index contributed by atoms with van der Waals surface area (Å²) in [6.45, 7) is 1.18. The molecule has 1 fully saturated rings. The summed E-state index contributed by atoms with van der Waals surface area (Å²) in [4.78, 5) is 13.1. The summed E-state index contributed by atoms with van der Waals surface area (Å²) in [7, 11) is -3.91. The molecule has 1 aliphatic heterocycles. The third-order valence-corrected chi connectivity index (χ3v) is 4.82. The summed E-state index contributed by atoms with van der Waals surface area (Å²) >= 11 is 0. The first kappa shape index (κ1) is 14.0. The van der Waals surface area contributed by atoms with Gasteiger partial charge in [-0.2, -0.15) is 0 Å². The number of halogens is 1. The summed E-state index contributed by atoms with van der Waals surface area (Å²) in [5.41, 5.74) is 0. The van der Waals surface area contributed by atoms with Gasteiger partial charge >= 0.3 is 0 Å². The number of hydrogen-bond acceptors (Lipinski definition) is 3. The third kappa shape index (κ3) is 3.32. The minimum Gasteiger partial charge on any atom is -0.342 e. The average Bonchev–Trinajstić information content (AvgIpc) is 2.39. The highest BCUT2D eigenvalue weighted by Crippen LogP contribution is 2.17. The van der Waals surface area contributed by atoms with Crippen LogP contribution in [-0.4, -0.2) is 38.1 Å². The van der Waals surface area contributed by atoms with Gasteiger partial charge in [-0.25, -0.2) is 12.8 Å². The molecule has 0 aromatic heterocycles. The zero-order valence-electron chi connectivity index (χ0n) is 10.5. The van der Waals surface area contributed by atoms with Gasteiger partial charge in [0.25, 0.3) is 0 Å². The fourth-order valence-corrected chi connectivity index (χ4v) is 3.49. The molecule has 2 rings (SSSR count). The number of rotatable bonds is 3. The summed E-state index contributed by atoms with van der Waals surface area (Å²) in [5.74, 6) is -1.91. The molecule has 0 spiro atoms. The Balaban J connectivity index is 2.13. The van der Waals surface area contributed by atoms with Crippen LogP contribution in [0.4, 0.5) is 4.39 Å². The van der Waals surface area contributed by atoms with Gasteiger partial charge in [-0.05, 0) is 31.4 Å². The summed E-state index contributed by atoms with van der Waals surface area (Å²) in [6, 6.07) is 5.13. The number of amides is 1. The largest absolute Gasteiger partial charge is 0.342 e. The fraction of sp³-hybridized carbons (Fsp3) is 0.462. The molecule has 0 saturated carbocycles. The minimum absolute atomic E-state index is 0.402. The van der Waals surface area contributed by atoms with Gasteiger partial charge in [0.2, 0.25) is 5.91 Å². The zero-order chi connectivity index (χ0) is 13.9. The molecule has 1 aromatic rings. The molecule has 0 N–H and O–H groups in total. The molecule has 6 heteroatoms. The summed E-state index contributed by atoms with van der Waals surface area (Å²) < 4.78 is 37.5. The Morgan fingerprint density at radius 1 is 1.16 bits per heavy atom. The van der Waals surface area contributed by atoms with Crippen LogP contribution in [0.1, 0.15) is 19.3 Å². The SMILES string of the molecule is O=C(CS(=O)(=O)c1ccccc1F)N1CCCCC1. The number of hydrogen-bond donors (Lipinski definition) is 0. The number of nitrogens with zero attached hydrogens (tertiary/aromatic N) is 1. The Labute approximate surface area is 112 Å². The molecule has 1 amide bonds. The van der Waals surface area contributed by atoms with Gasteiger partial charge in [0.05, 0.1) is 0 Å². The van der Waals surface area contributed by atoms with E-state index in [9.17, 15) is 17.6 Å². The monoisotopic (exact) mass is 285 g/mol. The summed E-state index contributed by atoms with van der Waals surface area (Å²) in [5, 5.41) is 0. The van der Waals surface area contributed by atoms with Crippen molar-refractivity contribution in [2.45, 2.75) is 24.2 Å². The second-order valence-corrected chi connectivity index (χ2v) is 6.59. The first-order chi connectivity index (χ1) is 9.00. The average molecular weight is 285 g/mol. The van der Waals surface area contributed by atoms with Crippen molar-refractivity contribution in [3.63, 3.8) is 0 Å². The molecule has 0 aliphatic carbocycles. The van der Waals surface area contributed by atoms with E-state index in [0.29, 0.717) is 13.1 Å². The molecule has 104 valence electrons.